The molecule has 2 aromatic rings. The molecule has 18 heavy (non-hydrogen) atoms. The largest absolute Gasteiger partial charge is 0.399 e. The molecule has 96 valence electrons. The van der Waals surface area contributed by atoms with E-state index in [-0.39, 0.29) is 6.61 Å². The second-order valence-electron chi connectivity index (χ2n) is 4.18. The lowest BCUT2D eigenvalue weighted by Crippen LogP contribution is -2.28. The SMILES string of the molecule is CCCN(CCO)c1ncnc2ccc(N)cc12. The molecule has 0 unspecified atom stereocenters. The number of nitrogens with two attached hydrogens (primary N) is 1. The summed E-state index contributed by atoms with van der Waals surface area (Å²) in [6.07, 6.45) is 2.54. The van der Waals surface area contributed by atoms with Gasteiger partial charge in [-0.05, 0) is 24.6 Å². The van der Waals surface area contributed by atoms with Gasteiger partial charge in [0.25, 0.3) is 0 Å². The van der Waals surface area contributed by atoms with Gasteiger partial charge in [-0.3, -0.25) is 0 Å². The molecule has 0 amide bonds. The van der Waals surface area contributed by atoms with Gasteiger partial charge in [0.15, 0.2) is 0 Å². The Morgan fingerprint density at radius 2 is 2.11 bits per heavy atom. The Morgan fingerprint density at radius 1 is 1.28 bits per heavy atom. The van der Waals surface area contributed by atoms with E-state index >= 15 is 0 Å². The molecule has 0 spiro atoms. The Bertz CT molecular complexity index is 523. The molecule has 0 saturated carbocycles. The quantitative estimate of drug-likeness (QED) is 0.780. The summed E-state index contributed by atoms with van der Waals surface area (Å²) in [5.41, 5.74) is 7.38. The Labute approximate surface area is 106 Å². The number of anilines is 2. The number of hydrogen-bond donors (Lipinski definition) is 2. The molecule has 0 atom stereocenters. The van der Waals surface area contributed by atoms with E-state index < -0.39 is 0 Å². The molecular formula is C13H18N4O. The summed E-state index contributed by atoms with van der Waals surface area (Å²) in [5, 5.41) is 10.1. The van der Waals surface area contributed by atoms with Crippen LogP contribution in [-0.2, 0) is 0 Å². The fourth-order valence-corrected chi connectivity index (χ4v) is 2.03. The van der Waals surface area contributed by atoms with Crippen molar-refractivity contribution in [3.8, 4) is 0 Å². The highest BCUT2D eigenvalue weighted by atomic mass is 16.3. The number of nitrogen functional groups attached to an aromatic ring is 1. The summed E-state index contributed by atoms with van der Waals surface area (Å²) in [5.74, 6) is 0.836. The number of aromatic nitrogens is 2. The first-order valence-electron chi connectivity index (χ1n) is 6.12. The van der Waals surface area contributed by atoms with Crippen LogP contribution in [0.25, 0.3) is 10.9 Å². The smallest absolute Gasteiger partial charge is 0.140 e. The summed E-state index contributed by atoms with van der Waals surface area (Å²) in [4.78, 5) is 10.6. The maximum Gasteiger partial charge on any atom is 0.140 e. The van der Waals surface area contributed by atoms with Crippen molar-refractivity contribution in [2.45, 2.75) is 13.3 Å². The maximum atomic E-state index is 9.14. The molecule has 0 aliphatic carbocycles. The number of nitrogens with zero attached hydrogens (tertiary/aromatic N) is 3. The van der Waals surface area contributed by atoms with Crippen LogP contribution in [0.15, 0.2) is 24.5 Å². The lowest BCUT2D eigenvalue weighted by molar-refractivity contribution is 0.301. The Hall–Kier alpha value is -1.88. The lowest BCUT2D eigenvalue weighted by atomic mass is 10.2. The normalized spacial score (nSPS) is 10.8. The molecule has 5 heteroatoms. The Morgan fingerprint density at radius 3 is 2.83 bits per heavy atom. The average molecular weight is 246 g/mol. The van der Waals surface area contributed by atoms with Crippen LogP contribution in [0, 0.1) is 0 Å². The fraction of sp³-hybridized carbons (Fsp3) is 0.385. The molecule has 1 aromatic carbocycles. The van der Waals surface area contributed by atoms with E-state index in [0.717, 1.165) is 29.7 Å². The van der Waals surface area contributed by atoms with Gasteiger partial charge in [-0.2, -0.15) is 0 Å². The summed E-state index contributed by atoms with van der Waals surface area (Å²) >= 11 is 0. The van der Waals surface area contributed by atoms with Crippen molar-refractivity contribution in [1.82, 2.24) is 9.97 Å². The molecule has 1 aromatic heterocycles. The summed E-state index contributed by atoms with van der Waals surface area (Å²) < 4.78 is 0. The maximum absolute atomic E-state index is 9.14. The molecule has 0 bridgehead atoms. The van der Waals surface area contributed by atoms with E-state index in [1.54, 1.807) is 6.33 Å². The molecule has 1 heterocycles. The van der Waals surface area contributed by atoms with Gasteiger partial charge in [0, 0.05) is 24.2 Å². The summed E-state index contributed by atoms with van der Waals surface area (Å²) in [6.45, 7) is 3.62. The van der Waals surface area contributed by atoms with Crippen LogP contribution in [0.4, 0.5) is 11.5 Å². The van der Waals surface area contributed by atoms with Crippen molar-refractivity contribution in [2.75, 3.05) is 30.3 Å². The molecular weight excluding hydrogens is 228 g/mol. The third kappa shape index (κ3) is 2.51. The fourth-order valence-electron chi connectivity index (χ4n) is 2.03. The zero-order valence-corrected chi connectivity index (χ0v) is 10.5. The number of benzene rings is 1. The van der Waals surface area contributed by atoms with E-state index in [4.69, 9.17) is 10.8 Å². The van der Waals surface area contributed by atoms with Crippen LogP contribution in [0.2, 0.25) is 0 Å². The van der Waals surface area contributed by atoms with Crippen molar-refractivity contribution in [2.24, 2.45) is 0 Å². The van der Waals surface area contributed by atoms with Gasteiger partial charge in [-0.15, -0.1) is 0 Å². The minimum Gasteiger partial charge on any atom is -0.399 e. The van der Waals surface area contributed by atoms with Crippen molar-refractivity contribution in [1.29, 1.82) is 0 Å². The topological polar surface area (TPSA) is 75.3 Å². The van der Waals surface area contributed by atoms with E-state index in [1.165, 1.54) is 0 Å². The molecule has 0 aliphatic heterocycles. The van der Waals surface area contributed by atoms with Crippen LogP contribution in [0.1, 0.15) is 13.3 Å². The number of rotatable bonds is 5. The number of fused-ring (bicyclic) bond motifs is 1. The van der Waals surface area contributed by atoms with E-state index in [1.807, 2.05) is 18.2 Å². The highest BCUT2D eigenvalue weighted by Gasteiger charge is 2.11. The minimum atomic E-state index is 0.105. The molecule has 0 fully saturated rings. The lowest BCUT2D eigenvalue weighted by Gasteiger charge is -2.23. The second-order valence-corrected chi connectivity index (χ2v) is 4.18. The van der Waals surface area contributed by atoms with Crippen LogP contribution in [0.5, 0.6) is 0 Å². The first-order valence-corrected chi connectivity index (χ1v) is 6.12. The second kappa shape index (κ2) is 5.64. The number of aliphatic hydroxyl groups is 1. The van der Waals surface area contributed by atoms with Crippen molar-refractivity contribution in [3.05, 3.63) is 24.5 Å². The molecule has 0 saturated heterocycles. The van der Waals surface area contributed by atoms with Crippen LogP contribution in [-0.4, -0.2) is 34.8 Å². The first kappa shape index (κ1) is 12.6. The van der Waals surface area contributed by atoms with Gasteiger partial charge in [0.1, 0.15) is 12.1 Å². The zero-order valence-electron chi connectivity index (χ0n) is 10.5. The molecule has 3 N–H and O–H groups in total. The van der Waals surface area contributed by atoms with E-state index in [9.17, 15) is 0 Å². The average Bonchev–Trinajstić information content (AvgIpc) is 2.38. The predicted octanol–water partition coefficient (Wildman–Crippen LogP) is 1.42. The van der Waals surface area contributed by atoms with Gasteiger partial charge in [0.2, 0.25) is 0 Å². The monoisotopic (exact) mass is 246 g/mol. The van der Waals surface area contributed by atoms with Gasteiger partial charge < -0.3 is 15.7 Å². The molecule has 5 nitrogen and oxygen atoms in total. The van der Waals surface area contributed by atoms with Crippen LogP contribution in [0.3, 0.4) is 0 Å². The zero-order chi connectivity index (χ0) is 13.0. The van der Waals surface area contributed by atoms with Gasteiger partial charge in [-0.25, -0.2) is 9.97 Å². The third-order valence-corrected chi connectivity index (χ3v) is 2.80. The van der Waals surface area contributed by atoms with Crippen LogP contribution < -0.4 is 10.6 Å². The van der Waals surface area contributed by atoms with Crippen molar-refractivity contribution >= 4 is 22.4 Å². The highest BCUT2D eigenvalue weighted by Crippen LogP contribution is 2.24. The highest BCUT2D eigenvalue weighted by molar-refractivity contribution is 5.91. The van der Waals surface area contributed by atoms with Crippen LogP contribution >= 0.6 is 0 Å². The van der Waals surface area contributed by atoms with Crippen molar-refractivity contribution in [3.63, 3.8) is 0 Å². The Balaban J connectivity index is 2.50. The van der Waals surface area contributed by atoms with Gasteiger partial charge in [0.05, 0.1) is 12.1 Å². The summed E-state index contributed by atoms with van der Waals surface area (Å²) in [7, 11) is 0. The summed E-state index contributed by atoms with van der Waals surface area (Å²) in [6, 6.07) is 5.60. The minimum absolute atomic E-state index is 0.105. The van der Waals surface area contributed by atoms with E-state index in [2.05, 4.69) is 21.8 Å². The van der Waals surface area contributed by atoms with Crippen molar-refractivity contribution < 1.29 is 5.11 Å². The molecule has 0 aliphatic rings. The van der Waals surface area contributed by atoms with E-state index in [0.29, 0.717) is 12.2 Å². The first-order chi connectivity index (χ1) is 8.76. The third-order valence-electron chi connectivity index (χ3n) is 2.80. The standard InChI is InChI=1S/C13H18N4O/c1-2-5-17(6-7-18)13-11-8-10(14)3-4-12(11)15-9-16-13/h3-4,8-9,18H,2,5-7,14H2,1H3. The number of hydrogen-bond acceptors (Lipinski definition) is 5. The van der Waals surface area contributed by atoms with Gasteiger partial charge in [-0.1, -0.05) is 6.92 Å². The number of aliphatic hydroxyl groups excluding tert-OH is 1. The molecule has 0 radical (unpaired) electrons. The predicted molar refractivity (Wildman–Crippen MR) is 73.5 cm³/mol. The Kier molecular flexibility index (Phi) is 3.94. The van der Waals surface area contributed by atoms with Gasteiger partial charge >= 0.3 is 0 Å². The molecule has 2 rings (SSSR count).